The predicted octanol–water partition coefficient (Wildman–Crippen LogP) is 1.87. The summed E-state index contributed by atoms with van der Waals surface area (Å²) in [6.45, 7) is 4.14. The monoisotopic (exact) mass is 372 g/mol. The van der Waals surface area contributed by atoms with E-state index in [9.17, 15) is 4.79 Å². The van der Waals surface area contributed by atoms with Gasteiger partial charge in [0.1, 0.15) is 11.5 Å². The SMILES string of the molecule is COc1c(Cl)cc(Br)c(OC)c1C(=O)[P-]CC(C)C.[Li+]. The Morgan fingerprint density at radius 3 is 2.35 bits per heavy atom. The summed E-state index contributed by atoms with van der Waals surface area (Å²) in [6, 6.07) is 1.66. The molecule has 7 heteroatoms. The van der Waals surface area contributed by atoms with Crippen LogP contribution in [-0.4, -0.2) is 25.9 Å². The molecule has 0 aliphatic rings. The van der Waals surface area contributed by atoms with Crippen molar-refractivity contribution < 1.29 is 33.1 Å². The van der Waals surface area contributed by atoms with Crippen molar-refractivity contribution in [1.29, 1.82) is 0 Å². The normalized spacial score (nSPS) is 10.8. The molecule has 0 aromatic heterocycles. The standard InChI is InChI=1S/C13H16BrClO3P.Li/c1-7(2)6-19-13(16)10-11(17-3)8(14)5-9(15)12(10)18-4;/h5,7H,6H2,1-4H3;/q-1;+1. The van der Waals surface area contributed by atoms with Gasteiger partial charge in [-0.15, -0.1) is 0 Å². The van der Waals surface area contributed by atoms with Crippen LogP contribution in [0.4, 0.5) is 0 Å². The number of hydrogen-bond acceptors (Lipinski definition) is 3. The molecule has 1 rings (SSSR count). The summed E-state index contributed by atoms with van der Waals surface area (Å²) in [5.74, 6) is 1.27. The van der Waals surface area contributed by atoms with Crippen LogP contribution in [0, 0.1) is 5.92 Å². The van der Waals surface area contributed by atoms with Crippen LogP contribution in [0.1, 0.15) is 24.2 Å². The van der Waals surface area contributed by atoms with Gasteiger partial charge in [0, 0.05) is 5.52 Å². The number of ether oxygens (including phenoxy) is 2. The summed E-state index contributed by atoms with van der Waals surface area (Å²) in [6.07, 6.45) is 0.787. The van der Waals surface area contributed by atoms with E-state index in [1.165, 1.54) is 14.2 Å². The molecule has 0 spiro atoms. The number of hydrogen-bond donors (Lipinski definition) is 0. The fourth-order valence-electron chi connectivity index (χ4n) is 1.52. The zero-order chi connectivity index (χ0) is 14.6. The van der Waals surface area contributed by atoms with Crippen LogP contribution in [0.15, 0.2) is 10.5 Å². The van der Waals surface area contributed by atoms with Crippen LogP contribution in [0.25, 0.3) is 0 Å². The molecule has 0 unspecified atom stereocenters. The van der Waals surface area contributed by atoms with E-state index in [0.717, 1.165) is 6.16 Å². The molecule has 0 radical (unpaired) electrons. The quantitative estimate of drug-likeness (QED) is 0.564. The van der Waals surface area contributed by atoms with Gasteiger partial charge >= 0.3 is 18.9 Å². The van der Waals surface area contributed by atoms with Crippen molar-refractivity contribution >= 4 is 41.6 Å². The van der Waals surface area contributed by atoms with Crippen molar-refractivity contribution in [2.75, 3.05) is 20.4 Å². The van der Waals surface area contributed by atoms with Crippen molar-refractivity contribution in [3.05, 3.63) is 21.1 Å². The van der Waals surface area contributed by atoms with Gasteiger partial charge in [-0.2, -0.15) is 6.16 Å². The molecule has 1 aromatic rings. The van der Waals surface area contributed by atoms with Gasteiger partial charge in [-0.05, 0) is 22.0 Å². The van der Waals surface area contributed by atoms with E-state index in [-0.39, 0.29) is 24.4 Å². The number of benzene rings is 1. The van der Waals surface area contributed by atoms with Crippen molar-refractivity contribution in [1.82, 2.24) is 0 Å². The summed E-state index contributed by atoms with van der Waals surface area (Å²) >= 11 is 9.45. The topological polar surface area (TPSA) is 35.5 Å². The number of carbonyl (C=O) groups excluding carboxylic acids is 1. The van der Waals surface area contributed by atoms with Crippen molar-refractivity contribution in [3.8, 4) is 11.5 Å². The summed E-state index contributed by atoms with van der Waals surface area (Å²) in [4.78, 5) is 12.4. The smallest absolute Gasteiger partial charge is 0.495 e. The third-order valence-corrected chi connectivity index (χ3v) is 4.66. The molecule has 0 fully saturated rings. The third kappa shape index (κ3) is 4.93. The van der Waals surface area contributed by atoms with Crippen molar-refractivity contribution in [2.24, 2.45) is 5.92 Å². The molecule has 0 bridgehead atoms. The molecule has 0 aliphatic carbocycles. The second-order valence-corrected chi connectivity index (χ2v) is 6.67. The maximum atomic E-state index is 12.4. The maximum Gasteiger partial charge on any atom is 1.00 e. The first-order valence-electron chi connectivity index (χ1n) is 5.74. The average molecular weight is 374 g/mol. The second-order valence-electron chi connectivity index (χ2n) is 4.32. The maximum absolute atomic E-state index is 12.4. The van der Waals surface area contributed by atoms with Gasteiger partial charge in [0.05, 0.1) is 29.3 Å². The fraction of sp³-hybridized carbons (Fsp3) is 0.462. The van der Waals surface area contributed by atoms with E-state index in [4.69, 9.17) is 21.1 Å². The number of methoxy groups -OCH3 is 2. The van der Waals surface area contributed by atoms with Crippen LogP contribution in [0.2, 0.25) is 5.02 Å². The Bertz CT molecular complexity index is 455. The summed E-state index contributed by atoms with van der Waals surface area (Å²) in [5.41, 5.74) is 0.345. The Hall–Kier alpha value is 0.287. The van der Waals surface area contributed by atoms with Gasteiger partial charge < -0.3 is 22.8 Å². The Kier molecular flexibility index (Phi) is 9.47. The largest absolute Gasteiger partial charge is 1.00 e. The van der Waals surface area contributed by atoms with Gasteiger partial charge in [0.15, 0.2) is 0 Å². The van der Waals surface area contributed by atoms with E-state index in [1.807, 2.05) is 0 Å². The fourth-order valence-corrected chi connectivity index (χ4v) is 3.42. The molecule has 0 atom stereocenters. The minimum Gasteiger partial charge on any atom is -0.495 e. The van der Waals surface area contributed by atoms with Crippen molar-refractivity contribution in [3.63, 3.8) is 0 Å². The Morgan fingerprint density at radius 2 is 1.90 bits per heavy atom. The number of carbonyl (C=O) groups is 1. The first-order valence-corrected chi connectivity index (χ1v) is 7.99. The Labute approximate surface area is 147 Å². The predicted molar refractivity (Wildman–Crippen MR) is 83.2 cm³/mol. The molecule has 0 heterocycles. The molecule has 106 valence electrons. The number of halogens is 2. The van der Waals surface area contributed by atoms with Gasteiger partial charge in [0.2, 0.25) is 0 Å². The molecule has 0 N–H and O–H groups in total. The van der Waals surface area contributed by atoms with Crippen LogP contribution in [0.3, 0.4) is 0 Å². The first kappa shape index (κ1) is 20.3. The zero-order valence-electron chi connectivity index (χ0n) is 12.3. The van der Waals surface area contributed by atoms with Gasteiger partial charge in [-0.3, -0.25) is 0 Å². The van der Waals surface area contributed by atoms with E-state index in [0.29, 0.717) is 41.1 Å². The third-order valence-electron chi connectivity index (χ3n) is 2.36. The zero-order valence-corrected chi connectivity index (χ0v) is 15.5. The van der Waals surface area contributed by atoms with Gasteiger partial charge in [-0.25, -0.2) is 0 Å². The molecule has 0 amide bonds. The second kappa shape index (κ2) is 9.33. The van der Waals surface area contributed by atoms with E-state index in [1.54, 1.807) is 6.07 Å². The molecule has 20 heavy (non-hydrogen) atoms. The number of rotatable bonds is 6. The van der Waals surface area contributed by atoms with E-state index in [2.05, 4.69) is 29.8 Å². The molecule has 1 aromatic carbocycles. The van der Waals surface area contributed by atoms with Crippen LogP contribution < -0.4 is 28.3 Å². The van der Waals surface area contributed by atoms with Gasteiger partial charge in [0.25, 0.3) is 0 Å². The van der Waals surface area contributed by atoms with E-state index < -0.39 is 0 Å². The molecule has 3 nitrogen and oxygen atoms in total. The molecule has 0 saturated carbocycles. The molecular formula is C13H16BrClLiO3P. The van der Waals surface area contributed by atoms with Crippen LogP contribution in [0.5, 0.6) is 11.5 Å². The molecule has 0 saturated heterocycles. The Morgan fingerprint density at radius 1 is 1.35 bits per heavy atom. The molecular weight excluding hydrogens is 357 g/mol. The first-order chi connectivity index (χ1) is 8.92. The summed E-state index contributed by atoms with van der Waals surface area (Å²) in [5, 5.41) is 0.387. The van der Waals surface area contributed by atoms with Crippen molar-refractivity contribution in [2.45, 2.75) is 13.8 Å². The summed E-state index contributed by atoms with van der Waals surface area (Å²) in [7, 11) is 3.71. The van der Waals surface area contributed by atoms with E-state index >= 15 is 0 Å². The summed E-state index contributed by atoms with van der Waals surface area (Å²) < 4.78 is 11.2. The van der Waals surface area contributed by atoms with Gasteiger partial charge in [-0.1, -0.05) is 31.4 Å². The minimum absolute atomic E-state index is 0. The molecule has 0 aliphatic heterocycles. The Balaban J connectivity index is 0.00000361. The average Bonchev–Trinajstić information content (AvgIpc) is 2.35. The minimum atomic E-state index is -0.0504. The van der Waals surface area contributed by atoms with Crippen LogP contribution >= 0.6 is 36.1 Å². The van der Waals surface area contributed by atoms with Crippen LogP contribution in [-0.2, 0) is 0 Å².